The van der Waals surface area contributed by atoms with Crippen molar-refractivity contribution >= 4 is 11.2 Å². The Labute approximate surface area is 77.7 Å². The van der Waals surface area contributed by atoms with E-state index in [4.69, 9.17) is 0 Å². The zero-order chi connectivity index (χ0) is 9.84. The fourth-order valence-electron chi connectivity index (χ4n) is 1.06. The molecule has 0 atom stereocenters. The van der Waals surface area contributed by atoms with Gasteiger partial charge in [0.05, 0.1) is 12.0 Å². The van der Waals surface area contributed by atoms with Crippen molar-refractivity contribution in [2.45, 2.75) is 20.8 Å². The van der Waals surface area contributed by atoms with Gasteiger partial charge in [0.2, 0.25) is 0 Å². The van der Waals surface area contributed by atoms with Gasteiger partial charge in [0.1, 0.15) is 11.8 Å². The number of imidazole rings is 1. The molecule has 0 N–H and O–H groups in total. The van der Waals surface area contributed by atoms with Crippen molar-refractivity contribution in [3.05, 3.63) is 18.3 Å². The number of nitrogens with zero attached hydrogens (tertiary/aromatic N) is 4. The molecule has 0 spiro atoms. The maximum Gasteiger partial charge on any atom is 0.163 e. The summed E-state index contributed by atoms with van der Waals surface area (Å²) in [5.74, 6) is 0. The molecule has 0 saturated carbocycles. The molecule has 0 aliphatic heterocycles. The third-order valence-electron chi connectivity index (χ3n) is 1.68. The minimum Gasteiger partial charge on any atom is -0.318 e. The number of hydrogen-bond acceptors (Lipinski definition) is 3. The average molecular weight is 178 g/mol. The van der Waals surface area contributed by atoms with E-state index in [-0.39, 0.29) is 0 Å². The van der Waals surface area contributed by atoms with Crippen molar-refractivity contribution < 1.29 is 0 Å². The van der Waals surface area contributed by atoms with Gasteiger partial charge in [-0.05, 0) is 6.92 Å². The first-order chi connectivity index (χ1) is 6.29. The van der Waals surface area contributed by atoms with Crippen LogP contribution in [-0.4, -0.2) is 19.5 Å². The Bertz CT molecular complexity index is 391. The number of hydrogen-bond donors (Lipinski definition) is 0. The first-order valence-electron chi connectivity index (χ1n) is 4.37. The highest BCUT2D eigenvalue weighted by Gasteiger charge is 2.02. The molecule has 0 aliphatic carbocycles. The minimum absolute atomic E-state index is 0.884. The minimum atomic E-state index is 0.884. The highest BCUT2D eigenvalue weighted by molar-refractivity contribution is 5.72. The van der Waals surface area contributed by atoms with Crippen molar-refractivity contribution in [2.24, 2.45) is 7.05 Å². The average Bonchev–Trinajstić information content (AvgIpc) is 2.53. The highest BCUT2D eigenvalue weighted by atomic mass is 15.1. The van der Waals surface area contributed by atoms with Crippen LogP contribution in [0, 0.1) is 6.92 Å². The van der Waals surface area contributed by atoms with Crippen LogP contribution in [0.15, 0.2) is 12.7 Å². The SMILES string of the molecule is CC.Cc1ncnc2c1ncn2C. The Morgan fingerprint density at radius 3 is 2.46 bits per heavy atom. The van der Waals surface area contributed by atoms with Gasteiger partial charge in [-0.3, -0.25) is 0 Å². The number of aryl methyl sites for hydroxylation is 2. The molecule has 2 rings (SSSR count). The second-order valence-electron chi connectivity index (χ2n) is 2.49. The van der Waals surface area contributed by atoms with Gasteiger partial charge in [-0.1, -0.05) is 13.8 Å². The Hall–Kier alpha value is -1.45. The lowest BCUT2D eigenvalue weighted by molar-refractivity contribution is 0.927. The zero-order valence-corrected chi connectivity index (χ0v) is 8.44. The molecule has 0 bridgehead atoms. The van der Waals surface area contributed by atoms with E-state index in [1.54, 1.807) is 12.7 Å². The van der Waals surface area contributed by atoms with Crippen LogP contribution in [0.4, 0.5) is 0 Å². The normalized spacial score (nSPS) is 9.54. The Balaban J connectivity index is 0.000000396. The molecule has 4 nitrogen and oxygen atoms in total. The Morgan fingerprint density at radius 1 is 1.15 bits per heavy atom. The summed E-state index contributed by atoms with van der Waals surface area (Å²) in [6, 6.07) is 0. The quantitative estimate of drug-likeness (QED) is 0.616. The highest BCUT2D eigenvalue weighted by Crippen LogP contribution is 2.09. The van der Waals surface area contributed by atoms with Gasteiger partial charge in [-0.25, -0.2) is 15.0 Å². The lowest BCUT2D eigenvalue weighted by Crippen LogP contribution is -1.90. The summed E-state index contributed by atoms with van der Waals surface area (Å²) in [5, 5.41) is 0. The molecule has 0 aromatic carbocycles. The lowest BCUT2D eigenvalue weighted by Gasteiger charge is -1.92. The third kappa shape index (κ3) is 1.66. The summed E-state index contributed by atoms with van der Waals surface area (Å²) in [6.07, 6.45) is 3.30. The Kier molecular flexibility index (Phi) is 2.95. The van der Waals surface area contributed by atoms with Crippen LogP contribution < -0.4 is 0 Å². The van der Waals surface area contributed by atoms with Gasteiger partial charge >= 0.3 is 0 Å². The molecule has 13 heavy (non-hydrogen) atoms. The van der Waals surface area contributed by atoms with E-state index in [1.807, 2.05) is 32.4 Å². The van der Waals surface area contributed by atoms with Crippen molar-refractivity contribution in [3.8, 4) is 0 Å². The fraction of sp³-hybridized carbons (Fsp3) is 0.444. The summed E-state index contributed by atoms with van der Waals surface area (Å²) in [5.41, 5.74) is 2.70. The molecule has 0 saturated heterocycles. The van der Waals surface area contributed by atoms with Crippen LogP contribution >= 0.6 is 0 Å². The largest absolute Gasteiger partial charge is 0.318 e. The van der Waals surface area contributed by atoms with Crippen LogP contribution in [0.5, 0.6) is 0 Å². The summed E-state index contributed by atoms with van der Waals surface area (Å²) in [7, 11) is 1.92. The number of aromatic nitrogens is 4. The second-order valence-corrected chi connectivity index (χ2v) is 2.49. The maximum absolute atomic E-state index is 4.16. The molecular formula is C9H14N4. The van der Waals surface area contributed by atoms with Gasteiger partial charge in [-0.15, -0.1) is 0 Å². The zero-order valence-electron chi connectivity index (χ0n) is 8.44. The standard InChI is InChI=1S/C7H8N4.C2H6/c1-5-6-7(9-3-8-5)11(2)4-10-6;1-2/h3-4H,1-2H3;1-2H3. The Morgan fingerprint density at radius 2 is 1.85 bits per heavy atom. The van der Waals surface area contributed by atoms with Crippen molar-refractivity contribution in [2.75, 3.05) is 0 Å². The molecule has 0 unspecified atom stereocenters. The molecule has 2 heterocycles. The van der Waals surface area contributed by atoms with Crippen LogP contribution in [0.1, 0.15) is 19.5 Å². The predicted molar refractivity (Wildman–Crippen MR) is 52.4 cm³/mol. The number of rotatable bonds is 0. The van der Waals surface area contributed by atoms with Gasteiger partial charge < -0.3 is 4.57 Å². The monoisotopic (exact) mass is 178 g/mol. The molecule has 2 aromatic heterocycles. The summed E-state index contributed by atoms with van der Waals surface area (Å²) in [4.78, 5) is 12.3. The van der Waals surface area contributed by atoms with E-state index in [0.717, 1.165) is 16.9 Å². The van der Waals surface area contributed by atoms with E-state index in [9.17, 15) is 0 Å². The van der Waals surface area contributed by atoms with E-state index in [0.29, 0.717) is 0 Å². The number of fused-ring (bicyclic) bond motifs is 1. The van der Waals surface area contributed by atoms with E-state index >= 15 is 0 Å². The molecular weight excluding hydrogens is 164 g/mol. The molecule has 0 amide bonds. The topological polar surface area (TPSA) is 43.6 Å². The fourth-order valence-corrected chi connectivity index (χ4v) is 1.06. The molecule has 0 fully saturated rings. The molecule has 70 valence electrons. The molecule has 0 radical (unpaired) electrons. The first-order valence-corrected chi connectivity index (χ1v) is 4.37. The van der Waals surface area contributed by atoms with Crippen LogP contribution in [0.3, 0.4) is 0 Å². The summed E-state index contributed by atoms with van der Waals surface area (Å²) < 4.78 is 1.88. The van der Waals surface area contributed by atoms with E-state index < -0.39 is 0 Å². The predicted octanol–water partition coefficient (Wildman–Crippen LogP) is 1.70. The van der Waals surface area contributed by atoms with Crippen LogP contribution in [0.25, 0.3) is 11.2 Å². The molecule has 2 aromatic rings. The lowest BCUT2D eigenvalue weighted by atomic mass is 10.4. The second kappa shape index (κ2) is 3.98. The summed E-state index contributed by atoms with van der Waals surface area (Å²) >= 11 is 0. The first kappa shape index (κ1) is 9.64. The molecule has 0 aliphatic rings. The maximum atomic E-state index is 4.16. The van der Waals surface area contributed by atoms with Gasteiger partial charge in [0.25, 0.3) is 0 Å². The van der Waals surface area contributed by atoms with Gasteiger partial charge in [0, 0.05) is 7.05 Å². The van der Waals surface area contributed by atoms with E-state index in [2.05, 4.69) is 15.0 Å². The van der Waals surface area contributed by atoms with Crippen LogP contribution in [0.2, 0.25) is 0 Å². The summed E-state index contributed by atoms with van der Waals surface area (Å²) in [6.45, 7) is 5.93. The van der Waals surface area contributed by atoms with Crippen LogP contribution in [-0.2, 0) is 7.05 Å². The van der Waals surface area contributed by atoms with Crippen molar-refractivity contribution in [1.29, 1.82) is 0 Å². The van der Waals surface area contributed by atoms with Gasteiger partial charge in [-0.2, -0.15) is 0 Å². The molecule has 4 heteroatoms. The van der Waals surface area contributed by atoms with Crippen molar-refractivity contribution in [3.63, 3.8) is 0 Å². The third-order valence-corrected chi connectivity index (χ3v) is 1.68. The van der Waals surface area contributed by atoms with Crippen molar-refractivity contribution in [1.82, 2.24) is 19.5 Å². The smallest absolute Gasteiger partial charge is 0.163 e. The van der Waals surface area contributed by atoms with E-state index in [1.165, 1.54) is 0 Å². The van der Waals surface area contributed by atoms with Gasteiger partial charge in [0.15, 0.2) is 5.65 Å².